The van der Waals surface area contributed by atoms with Gasteiger partial charge in [-0.15, -0.1) is 0 Å². The number of methoxy groups -OCH3 is 1. The molecule has 110 valence electrons. The van der Waals surface area contributed by atoms with Gasteiger partial charge in [0.2, 0.25) is 0 Å². The van der Waals surface area contributed by atoms with Gasteiger partial charge in [0.25, 0.3) is 0 Å². The number of ether oxygens (including phenoxy) is 1. The molecule has 0 aliphatic carbocycles. The minimum atomic E-state index is -0.305. The fraction of sp³-hybridized carbons (Fsp3) is 0.188. The molecule has 3 nitrogen and oxygen atoms in total. The van der Waals surface area contributed by atoms with Gasteiger partial charge in [-0.25, -0.2) is 4.39 Å². The highest BCUT2D eigenvalue weighted by molar-refractivity contribution is 7.80. The van der Waals surface area contributed by atoms with Crippen molar-refractivity contribution in [3.63, 3.8) is 0 Å². The average Bonchev–Trinajstić information content (AvgIpc) is 2.49. The molecule has 0 amide bonds. The summed E-state index contributed by atoms with van der Waals surface area (Å²) in [5.74, 6) is 0.486. The van der Waals surface area contributed by atoms with Crippen LogP contribution in [0.1, 0.15) is 11.1 Å². The Morgan fingerprint density at radius 1 is 1.24 bits per heavy atom. The van der Waals surface area contributed by atoms with Crippen LogP contribution in [0.4, 0.5) is 10.1 Å². The van der Waals surface area contributed by atoms with Crippen molar-refractivity contribution in [3.05, 3.63) is 59.4 Å². The highest BCUT2D eigenvalue weighted by atomic mass is 32.1. The third-order valence-corrected chi connectivity index (χ3v) is 3.49. The SMILES string of the molecule is COc1ccc(N(C)Cc2ccc(C(N)=S)cc2F)cc1. The van der Waals surface area contributed by atoms with Gasteiger partial charge in [0.15, 0.2) is 0 Å². The lowest BCUT2D eigenvalue weighted by Crippen LogP contribution is -2.18. The van der Waals surface area contributed by atoms with Gasteiger partial charge in [-0.3, -0.25) is 0 Å². The van der Waals surface area contributed by atoms with Gasteiger partial charge >= 0.3 is 0 Å². The van der Waals surface area contributed by atoms with Crippen molar-refractivity contribution >= 4 is 22.9 Å². The summed E-state index contributed by atoms with van der Waals surface area (Å²) < 4.78 is 19.2. The Balaban J connectivity index is 2.14. The number of nitrogens with zero attached hydrogens (tertiary/aromatic N) is 1. The van der Waals surface area contributed by atoms with Gasteiger partial charge in [0, 0.05) is 30.4 Å². The highest BCUT2D eigenvalue weighted by Gasteiger charge is 2.09. The summed E-state index contributed by atoms with van der Waals surface area (Å²) in [5.41, 5.74) is 7.61. The van der Waals surface area contributed by atoms with E-state index in [4.69, 9.17) is 22.7 Å². The number of hydrogen-bond acceptors (Lipinski definition) is 3. The van der Waals surface area contributed by atoms with Crippen molar-refractivity contribution in [2.24, 2.45) is 5.73 Å². The van der Waals surface area contributed by atoms with E-state index in [0.717, 1.165) is 11.4 Å². The maximum absolute atomic E-state index is 14.0. The Kier molecular flexibility index (Phi) is 4.75. The predicted octanol–water partition coefficient (Wildman–Crippen LogP) is 3.10. The Hall–Kier alpha value is -2.14. The third kappa shape index (κ3) is 3.70. The minimum Gasteiger partial charge on any atom is -0.497 e. The molecule has 0 atom stereocenters. The molecule has 0 aliphatic rings. The maximum atomic E-state index is 14.0. The van der Waals surface area contributed by atoms with E-state index in [9.17, 15) is 4.39 Å². The molecule has 2 aromatic carbocycles. The smallest absolute Gasteiger partial charge is 0.128 e. The molecule has 0 aromatic heterocycles. The molecule has 0 unspecified atom stereocenters. The summed E-state index contributed by atoms with van der Waals surface area (Å²) in [6.07, 6.45) is 0. The summed E-state index contributed by atoms with van der Waals surface area (Å²) in [5, 5.41) is 0. The van der Waals surface area contributed by atoms with Crippen LogP contribution in [0.25, 0.3) is 0 Å². The Bertz CT molecular complexity index is 643. The zero-order chi connectivity index (χ0) is 15.4. The van der Waals surface area contributed by atoms with Crippen molar-refractivity contribution in [1.29, 1.82) is 0 Å². The molecule has 0 radical (unpaired) electrons. The quantitative estimate of drug-likeness (QED) is 0.862. The molecular formula is C16H17FN2OS. The monoisotopic (exact) mass is 304 g/mol. The van der Waals surface area contributed by atoms with Gasteiger partial charge in [0.1, 0.15) is 16.6 Å². The first-order chi connectivity index (χ1) is 10.0. The summed E-state index contributed by atoms with van der Waals surface area (Å²) in [4.78, 5) is 2.15. The number of anilines is 1. The van der Waals surface area contributed by atoms with E-state index in [1.54, 1.807) is 19.2 Å². The first kappa shape index (κ1) is 15.3. The molecule has 0 saturated heterocycles. The van der Waals surface area contributed by atoms with Crippen LogP contribution in [0.5, 0.6) is 5.75 Å². The molecule has 2 aromatic rings. The molecule has 21 heavy (non-hydrogen) atoms. The van der Waals surface area contributed by atoms with Crippen molar-refractivity contribution < 1.29 is 9.13 Å². The number of halogens is 1. The Labute approximate surface area is 129 Å². The van der Waals surface area contributed by atoms with Gasteiger partial charge in [0.05, 0.1) is 7.11 Å². The van der Waals surface area contributed by atoms with E-state index in [-0.39, 0.29) is 10.8 Å². The van der Waals surface area contributed by atoms with E-state index in [2.05, 4.69) is 0 Å². The molecule has 5 heteroatoms. The van der Waals surface area contributed by atoms with Crippen LogP contribution in [0.15, 0.2) is 42.5 Å². The lowest BCUT2D eigenvalue weighted by molar-refractivity contribution is 0.415. The molecule has 0 heterocycles. The average molecular weight is 304 g/mol. The first-order valence-corrected chi connectivity index (χ1v) is 6.85. The van der Waals surface area contributed by atoms with Crippen LogP contribution < -0.4 is 15.4 Å². The molecule has 0 spiro atoms. The summed E-state index contributed by atoms with van der Waals surface area (Å²) in [6.45, 7) is 0.454. The fourth-order valence-electron chi connectivity index (χ4n) is 2.01. The lowest BCUT2D eigenvalue weighted by atomic mass is 10.1. The van der Waals surface area contributed by atoms with E-state index in [1.165, 1.54) is 6.07 Å². The number of rotatable bonds is 5. The molecule has 2 N–H and O–H groups in total. The largest absolute Gasteiger partial charge is 0.497 e. The second-order valence-electron chi connectivity index (χ2n) is 4.72. The van der Waals surface area contributed by atoms with Crippen molar-refractivity contribution in [1.82, 2.24) is 0 Å². The molecule has 0 bridgehead atoms. The second kappa shape index (κ2) is 6.54. The molecule has 0 saturated carbocycles. The van der Waals surface area contributed by atoms with Gasteiger partial charge in [-0.05, 0) is 30.3 Å². The van der Waals surface area contributed by atoms with Crippen LogP contribution in [-0.2, 0) is 6.54 Å². The van der Waals surface area contributed by atoms with Gasteiger partial charge < -0.3 is 15.4 Å². The molecule has 0 fully saturated rings. The molecular weight excluding hydrogens is 287 g/mol. The fourth-order valence-corrected chi connectivity index (χ4v) is 2.14. The summed E-state index contributed by atoms with van der Waals surface area (Å²) >= 11 is 4.84. The van der Waals surface area contributed by atoms with Crippen LogP contribution in [0.3, 0.4) is 0 Å². The zero-order valence-corrected chi connectivity index (χ0v) is 12.8. The molecule has 0 aliphatic heterocycles. The summed E-state index contributed by atoms with van der Waals surface area (Å²) in [7, 11) is 3.53. The van der Waals surface area contributed by atoms with Gasteiger partial charge in [-0.2, -0.15) is 0 Å². The van der Waals surface area contributed by atoms with Crippen LogP contribution in [0.2, 0.25) is 0 Å². The van der Waals surface area contributed by atoms with Gasteiger partial charge in [-0.1, -0.05) is 24.4 Å². The molecule has 2 rings (SSSR count). The number of nitrogens with two attached hydrogens (primary N) is 1. The normalized spacial score (nSPS) is 10.2. The van der Waals surface area contributed by atoms with Crippen molar-refractivity contribution in [3.8, 4) is 5.75 Å². The summed E-state index contributed by atoms with van der Waals surface area (Å²) in [6, 6.07) is 12.4. The van der Waals surface area contributed by atoms with Crippen LogP contribution in [0, 0.1) is 5.82 Å². The first-order valence-electron chi connectivity index (χ1n) is 6.44. The topological polar surface area (TPSA) is 38.5 Å². The van der Waals surface area contributed by atoms with Crippen molar-refractivity contribution in [2.75, 3.05) is 19.1 Å². The van der Waals surface area contributed by atoms with Crippen molar-refractivity contribution in [2.45, 2.75) is 6.54 Å². The van der Waals surface area contributed by atoms with E-state index >= 15 is 0 Å². The lowest BCUT2D eigenvalue weighted by Gasteiger charge is -2.20. The Morgan fingerprint density at radius 3 is 2.43 bits per heavy atom. The van der Waals surface area contributed by atoms with E-state index < -0.39 is 0 Å². The second-order valence-corrected chi connectivity index (χ2v) is 5.16. The van der Waals surface area contributed by atoms with Crippen LogP contribution >= 0.6 is 12.2 Å². The number of hydrogen-bond donors (Lipinski definition) is 1. The number of benzene rings is 2. The van der Waals surface area contributed by atoms with E-state index in [1.807, 2.05) is 36.2 Å². The third-order valence-electron chi connectivity index (χ3n) is 3.26. The van der Waals surface area contributed by atoms with Crippen LogP contribution in [-0.4, -0.2) is 19.1 Å². The highest BCUT2D eigenvalue weighted by Crippen LogP contribution is 2.21. The standard InChI is InChI=1S/C16H17FN2OS/c1-19(13-5-7-14(20-2)8-6-13)10-12-4-3-11(16(18)21)9-15(12)17/h3-9H,10H2,1-2H3,(H2,18,21). The van der Waals surface area contributed by atoms with E-state index in [0.29, 0.717) is 17.7 Å². The zero-order valence-electron chi connectivity index (χ0n) is 12.0. The predicted molar refractivity (Wildman–Crippen MR) is 87.4 cm³/mol. The maximum Gasteiger partial charge on any atom is 0.128 e. The Morgan fingerprint density at radius 2 is 1.90 bits per heavy atom. The minimum absolute atomic E-state index is 0.198. The number of thiocarbonyl (C=S) groups is 1.